The van der Waals surface area contributed by atoms with E-state index in [1.165, 1.54) is 0 Å². The molecule has 2 rings (SSSR count). The van der Waals surface area contributed by atoms with Crippen molar-refractivity contribution in [2.75, 3.05) is 20.1 Å². The van der Waals surface area contributed by atoms with E-state index in [1.807, 2.05) is 18.5 Å². The molecule has 114 valence electrons. The maximum atomic E-state index is 12.7. The smallest absolute Gasteiger partial charge is 0.244 e. The highest BCUT2D eigenvalue weighted by molar-refractivity contribution is 7.89. The van der Waals surface area contributed by atoms with Gasteiger partial charge in [0.2, 0.25) is 10.0 Å². The largest absolute Gasteiger partial charge is 0.349 e. The third-order valence-corrected chi connectivity index (χ3v) is 5.75. The van der Waals surface area contributed by atoms with E-state index in [1.54, 1.807) is 16.6 Å². The molecule has 0 unspecified atom stereocenters. The fraction of sp³-hybridized carbons (Fsp3) is 0.714. The lowest BCUT2D eigenvalue weighted by atomic mass is 9.93. The van der Waals surface area contributed by atoms with Gasteiger partial charge in [0.15, 0.2) is 0 Å². The summed E-state index contributed by atoms with van der Waals surface area (Å²) in [5, 5.41) is 3.08. The normalized spacial score (nSPS) is 19.6. The summed E-state index contributed by atoms with van der Waals surface area (Å²) < 4.78 is 29.0. The second-order valence-electron chi connectivity index (χ2n) is 6.24. The molecular formula is C14H25N3O2S. The van der Waals surface area contributed by atoms with Crippen LogP contribution < -0.4 is 5.32 Å². The lowest BCUT2D eigenvalue weighted by molar-refractivity contribution is 0.375. The van der Waals surface area contributed by atoms with E-state index in [2.05, 4.69) is 19.2 Å². The lowest BCUT2D eigenvalue weighted by Gasteiger charge is -2.19. The Morgan fingerprint density at radius 3 is 2.60 bits per heavy atom. The first-order valence-corrected chi connectivity index (χ1v) is 8.58. The molecule has 0 saturated carbocycles. The van der Waals surface area contributed by atoms with Crippen LogP contribution in [-0.4, -0.2) is 37.4 Å². The number of rotatable bonds is 5. The quantitative estimate of drug-likeness (QED) is 0.899. The predicted molar refractivity (Wildman–Crippen MR) is 80.0 cm³/mol. The molecule has 0 aliphatic carbocycles. The van der Waals surface area contributed by atoms with Gasteiger partial charge in [0.1, 0.15) is 4.90 Å². The summed E-state index contributed by atoms with van der Waals surface area (Å²) in [6, 6.07) is 1.79. The van der Waals surface area contributed by atoms with Crippen LogP contribution in [0.4, 0.5) is 0 Å². The van der Waals surface area contributed by atoms with Crippen molar-refractivity contribution >= 4 is 10.0 Å². The Labute approximate surface area is 122 Å². The zero-order valence-electron chi connectivity index (χ0n) is 12.8. The van der Waals surface area contributed by atoms with Gasteiger partial charge in [0, 0.05) is 38.1 Å². The van der Waals surface area contributed by atoms with E-state index < -0.39 is 10.0 Å². The van der Waals surface area contributed by atoms with Gasteiger partial charge in [-0.05, 0) is 31.9 Å². The molecule has 1 aromatic rings. The monoisotopic (exact) mass is 299 g/mol. The fourth-order valence-corrected chi connectivity index (χ4v) is 4.40. The Morgan fingerprint density at radius 2 is 2.10 bits per heavy atom. The summed E-state index contributed by atoms with van der Waals surface area (Å²) in [6.45, 7) is 8.93. The average molecular weight is 299 g/mol. The number of hydrogen-bond donors (Lipinski definition) is 1. The first kappa shape index (κ1) is 15.5. The fourth-order valence-electron chi connectivity index (χ4n) is 2.71. The van der Waals surface area contributed by atoms with Gasteiger partial charge in [0.05, 0.1) is 0 Å². The van der Waals surface area contributed by atoms with Crippen LogP contribution in [0.2, 0.25) is 0 Å². The van der Waals surface area contributed by atoms with E-state index in [0.29, 0.717) is 24.5 Å². The Hall–Kier alpha value is -0.850. The van der Waals surface area contributed by atoms with Gasteiger partial charge in [-0.25, -0.2) is 8.42 Å². The standard InChI is InChI=1S/C14H25N3O2S/c1-5-16-10-13(8-12(16)9-15-4)20(18,19)17-7-6-14(2,3)11-17/h8,10,15H,5-7,9,11H2,1-4H3. The minimum absolute atomic E-state index is 0.0776. The van der Waals surface area contributed by atoms with Crippen LogP contribution in [0.1, 0.15) is 32.9 Å². The molecule has 1 aliphatic heterocycles. The second-order valence-corrected chi connectivity index (χ2v) is 8.17. The molecule has 5 nitrogen and oxygen atoms in total. The van der Waals surface area contributed by atoms with Gasteiger partial charge in [0.25, 0.3) is 0 Å². The van der Waals surface area contributed by atoms with Crippen LogP contribution in [0.5, 0.6) is 0 Å². The molecule has 6 heteroatoms. The lowest BCUT2D eigenvalue weighted by Crippen LogP contribution is -2.30. The van der Waals surface area contributed by atoms with Crippen LogP contribution in [0.25, 0.3) is 0 Å². The first-order valence-electron chi connectivity index (χ1n) is 7.14. The summed E-state index contributed by atoms with van der Waals surface area (Å²) in [7, 11) is -1.49. The highest BCUT2D eigenvalue weighted by Crippen LogP contribution is 2.33. The molecule has 0 bridgehead atoms. The van der Waals surface area contributed by atoms with Crippen LogP contribution in [0.3, 0.4) is 0 Å². The summed E-state index contributed by atoms with van der Waals surface area (Å²) in [6.07, 6.45) is 2.68. The zero-order chi connectivity index (χ0) is 15.0. The molecular weight excluding hydrogens is 274 g/mol. The van der Waals surface area contributed by atoms with Crippen molar-refractivity contribution in [3.05, 3.63) is 18.0 Å². The third-order valence-electron chi connectivity index (χ3n) is 3.94. The maximum absolute atomic E-state index is 12.7. The molecule has 0 radical (unpaired) electrons. The van der Waals surface area contributed by atoms with Crippen molar-refractivity contribution < 1.29 is 8.42 Å². The minimum atomic E-state index is -3.36. The van der Waals surface area contributed by atoms with Gasteiger partial charge in [-0.2, -0.15) is 4.31 Å². The van der Waals surface area contributed by atoms with Gasteiger partial charge in [-0.3, -0.25) is 0 Å². The number of nitrogens with zero attached hydrogens (tertiary/aromatic N) is 2. The zero-order valence-corrected chi connectivity index (χ0v) is 13.6. The molecule has 1 aromatic heterocycles. The van der Waals surface area contributed by atoms with Crippen molar-refractivity contribution in [3.63, 3.8) is 0 Å². The predicted octanol–water partition coefficient (Wildman–Crippen LogP) is 1.65. The van der Waals surface area contributed by atoms with Crippen molar-refractivity contribution in [2.45, 2.75) is 45.2 Å². The topological polar surface area (TPSA) is 54.3 Å². The summed E-state index contributed by atoms with van der Waals surface area (Å²) in [5.41, 5.74) is 1.08. The van der Waals surface area contributed by atoms with Crippen molar-refractivity contribution in [1.82, 2.24) is 14.2 Å². The van der Waals surface area contributed by atoms with Gasteiger partial charge in [-0.1, -0.05) is 13.8 Å². The highest BCUT2D eigenvalue weighted by atomic mass is 32.2. The Morgan fingerprint density at radius 1 is 1.40 bits per heavy atom. The Kier molecular flexibility index (Phi) is 4.27. The molecule has 1 N–H and O–H groups in total. The van der Waals surface area contributed by atoms with E-state index >= 15 is 0 Å². The summed E-state index contributed by atoms with van der Waals surface area (Å²) >= 11 is 0. The number of aromatic nitrogens is 1. The molecule has 0 amide bonds. The first-order chi connectivity index (χ1) is 9.30. The SMILES string of the molecule is CCn1cc(S(=O)(=O)N2CCC(C)(C)C2)cc1CNC. The summed E-state index contributed by atoms with van der Waals surface area (Å²) in [4.78, 5) is 0.419. The van der Waals surface area contributed by atoms with E-state index in [0.717, 1.165) is 18.7 Å². The van der Waals surface area contributed by atoms with Gasteiger partial charge in [-0.15, -0.1) is 0 Å². The second kappa shape index (κ2) is 5.50. The van der Waals surface area contributed by atoms with Crippen LogP contribution >= 0.6 is 0 Å². The van der Waals surface area contributed by atoms with Crippen LogP contribution in [0.15, 0.2) is 17.2 Å². The average Bonchev–Trinajstić information content (AvgIpc) is 2.93. The van der Waals surface area contributed by atoms with Crippen molar-refractivity contribution in [1.29, 1.82) is 0 Å². The van der Waals surface area contributed by atoms with E-state index in [-0.39, 0.29) is 5.41 Å². The van der Waals surface area contributed by atoms with Crippen LogP contribution in [-0.2, 0) is 23.1 Å². The van der Waals surface area contributed by atoms with Gasteiger partial charge >= 0.3 is 0 Å². The number of nitrogens with one attached hydrogen (secondary N) is 1. The third kappa shape index (κ3) is 2.92. The molecule has 0 spiro atoms. The number of sulfonamides is 1. The molecule has 1 aliphatic rings. The Bertz CT molecular complexity index is 575. The summed E-state index contributed by atoms with van der Waals surface area (Å²) in [5.74, 6) is 0. The molecule has 20 heavy (non-hydrogen) atoms. The molecule has 2 heterocycles. The molecule has 0 atom stereocenters. The maximum Gasteiger partial charge on any atom is 0.244 e. The van der Waals surface area contributed by atoms with Crippen molar-refractivity contribution in [2.24, 2.45) is 5.41 Å². The highest BCUT2D eigenvalue weighted by Gasteiger charge is 2.37. The van der Waals surface area contributed by atoms with Crippen LogP contribution in [0, 0.1) is 5.41 Å². The van der Waals surface area contributed by atoms with Gasteiger partial charge < -0.3 is 9.88 Å². The molecule has 1 saturated heterocycles. The molecule has 0 aromatic carbocycles. The minimum Gasteiger partial charge on any atom is -0.349 e. The number of hydrogen-bond acceptors (Lipinski definition) is 3. The molecule has 1 fully saturated rings. The van der Waals surface area contributed by atoms with E-state index in [9.17, 15) is 8.42 Å². The Balaban J connectivity index is 2.30. The van der Waals surface area contributed by atoms with Crippen molar-refractivity contribution in [3.8, 4) is 0 Å². The number of aryl methyl sites for hydroxylation is 1. The van der Waals surface area contributed by atoms with E-state index in [4.69, 9.17) is 0 Å².